The Bertz CT molecular complexity index is 1520. The van der Waals surface area contributed by atoms with E-state index in [1.54, 1.807) is 19.2 Å². The van der Waals surface area contributed by atoms with Crippen LogP contribution < -0.4 is 9.47 Å². The maximum atomic E-state index is 14.9. The van der Waals surface area contributed by atoms with E-state index in [9.17, 15) is 9.50 Å². The lowest BCUT2D eigenvalue weighted by Gasteiger charge is -2.54. The molecule has 5 atom stereocenters. The predicted molar refractivity (Wildman–Crippen MR) is 138 cm³/mol. The Morgan fingerprint density at radius 3 is 2.92 bits per heavy atom. The summed E-state index contributed by atoms with van der Waals surface area (Å²) in [6.07, 6.45) is 5.67. The Morgan fingerprint density at radius 2 is 2.11 bits per heavy atom. The molecular weight excluding hydrogens is 467 g/mol. The van der Waals surface area contributed by atoms with E-state index in [2.05, 4.69) is 22.5 Å². The summed E-state index contributed by atoms with van der Waals surface area (Å²) in [7, 11) is 1.70. The number of benzene rings is 2. The summed E-state index contributed by atoms with van der Waals surface area (Å²) in [6, 6.07) is 7.66. The van der Waals surface area contributed by atoms with Gasteiger partial charge in [0.15, 0.2) is 17.6 Å². The van der Waals surface area contributed by atoms with Gasteiger partial charge in [0.05, 0.1) is 29.3 Å². The van der Waals surface area contributed by atoms with E-state index < -0.39 is 11.0 Å². The standard InChI is InChI=1S/C31H33FN2O3/c1-16-5-8-23(36-2)27-24(16)30-12-19-15-33(14-17-6-7-17)28(19)31(30,35)13-22-21-11-20(32)10-18-4-3-9-34(25(18)21)26(22)29(30)37-27/h5,8,10-11,17,19,28-29,35H,3-4,6-7,9,12-15H2,1-2H3/t19?,28-,29+,30+,31-/m1/s1. The molecule has 37 heavy (non-hydrogen) atoms. The third kappa shape index (κ3) is 2.35. The van der Waals surface area contributed by atoms with E-state index in [1.165, 1.54) is 18.5 Å². The van der Waals surface area contributed by atoms with Crippen molar-refractivity contribution in [3.63, 3.8) is 0 Å². The number of aryl methyl sites for hydroxylation is 3. The number of halogens is 1. The molecule has 2 aromatic carbocycles. The summed E-state index contributed by atoms with van der Waals surface area (Å²) in [5.74, 6) is 2.58. The maximum Gasteiger partial charge on any atom is 0.166 e. The topological polar surface area (TPSA) is 46.9 Å². The molecule has 4 heterocycles. The van der Waals surface area contributed by atoms with Crippen LogP contribution in [0.5, 0.6) is 11.5 Å². The Kier molecular flexibility index (Phi) is 3.87. The monoisotopic (exact) mass is 500 g/mol. The molecule has 192 valence electrons. The van der Waals surface area contributed by atoms with Crippen LogP contribution in [0.15, 0.2) is 24.3 Å². The van der Waals surface area contributed by atoms with E-state index >= 15 is 0 Å². The Labute approximate surface area is 216 Å². The first kappa shape index (κ1) is 21.4. The van der Waals surface area contributed by atoms with Crippen molar-refractivity contribution in [1.82, 2.24) is 9.47 Å². The Balaban J connectivity index is 1.35. The fraction of sp³-hybridized carbons (Fsp3) is 0.548. The minimum absolute atomic E-state index is 0.112. The third-order valence-corrected chi connectivity index (χ3v) is 10.9. The molecule has 6 aliphatic rings. The highest BCUT2D eigenvalue weighted by Crippen LogP contribution is 2.72. The van der Waals surface area contributed by atoms with Gasteiger partial charge in [-0.05, 0) is 85.8 Å². The van der Waals surface area contributed by atoms with Crippen LogP contribution in [-0.2, 0) is 24.8 Å². The Hall–Kier alpha value is -2.57. The summed E-state index contributed by atoms with van der Waals surface area (Å²) in [6.45, 7) is 5.21. The smallest absolute Gasteiger partial charge is 0.166 e. The van der Waals surface area contributed by atoms with E-state index in [-0.39, 0.29) is 18.0 Å². The number of nitrogens with zero attached hydrogens (tertiary/aromatic N) is 2. The number of methoxy groups -OCH3 is 1. The van der Waals surface area contributed by atoms with Crippen LogP contribution in [0, 0.1) is 24.6 Å². The van der Waals surface area contributed by atoms with Gasteiger partial charge in [-0.15, -0.1) is 0 Å². The fourth-order valence-corrected chi connectivity index (χ4v) is 9.50. The first-order chi connectivity index (χ1) is 17.9. The van der Waals surface area contributed by atoms with E-state index in [4.69, 9.17) is 9.47 Å². The van der Waals surface area contributed by atoms with Gasteiger partial charge >= 0.3 is 0 Å². The summed E-state index contributed by atoms with van der Waals surface area (Å²) >= 11 is 0. The average molecular weight is 501 g/mol. The second-order valence-electron chi connectivity index (χ2n) is 12.7. The predicted octanol–water partition coefficient (Wildman–Crippen LogP) is 4.82. The van der Waals surface area contributed by atoms with Gasteiger partial charge in [-0.25, -0.2) is 4.39 Å². The number of rotatable bonds is 3. The highest BCUT2D eigenvalue weighted by Gasteiger charge is 2.77. The highest BCUT2D eigenvalue weighted by atomic mass is 19.1. The average Bonchev–Trinajstić information content (AvgIpc) is 3.48. The van der Waals surface area contributed by atoms with E-state index in [0.717, 1.165) is 89.5 Å². The highest BCUT2D eigenvalue weighted by molar-refractivity contribution is 5.90. The van der Waals surface area contributed by atoms with Gasteiger partial charge in [-0.3, -0.25) is 4.90 Å². The molecule has 6 heteroatoms. The van der Waals surface area contributed by atoms with Crippen LogP contribution in [0.2, 0.25) is 0 Å². The second-order valence-corrected chi connectivity index (χ2v) is 12.7. The molecule has 1 aromatic heterocycles. The number of ether oxygens (including phenoxy) is 2. The van der Waals surface area contributed by atoms with Gasteiger partial charge in [-0.1, -0.05) is 6.07 Å². The van der Waals surface area contributed by atoms with E-state index in [1.807, 2.05) is 6.07 Å². The third-order valence-electron chi connectivity index (χ3n) is 10.9. The van der Waals surface area contributed by atoms with Gasteiger partial charge in [0.2, 0.25) is 0 Å². The molecule has 9 rings (SSSR count). The molecule has 0 radical (unpaired) electrons. The van der Waals surface area contributed by atoms with E-state index in [0.29, 0.717) is 12.3 Å². The number of likely N-dealkylation sites (tertiary alicyclic amines) is 1. The number of hydrogen-bond donors (Lipinski definition) is 1. The minimum atomic E-state index is -0.982. The number of hydrogen-bond acceptors (Lipinski definition) is 4. The van der Waals surface area contributed by atoms with Crippen LogP contribution in [0.3, 0.4) is 0 Å². The van der Waals surface area contributed by atoms with Crippen molar-refractivity contribution >= 4 is 10.9 Å². The van der Waals surface area contributed by atoms with Crippen molar-refractivity contribution in [1.29, 1.82) is 0 Å². The van der Waals surface area contributed by atoms with Crippen LogP contribution in [0.25, 0.3) is 10.9 Å². The SMILES string of the molecule is COc1ccc(C)c2c1O[C@H]1c3c(c4cc(F)cc5c4n3CCC5)C[C@@]3(O)[C@H]4C(CN4CC4CC4)C[C@]213. The van der Waals surface area contributed by atoms with Gasteiger partial charge < -0.3 is 19.1 Å². The molecule has 1 unspecified atom stereocenters. The largest absolute Gasteiger partial charge is 0.493 e. The minimum Gasteiger partial charge on any atom is -0.493 e. The van der Waals surface area contributed by atoms with Crippen molar-refractivity contribution in [2.45, 2.75) is 75.2 Å². The molecule has 0 bridgehead atoms. The molecule has 0 amide bonds. The molecule has 3 aromatic rings. The second kappa shape index (κ2) is 6.70. The van der Waals surface area contributed by atoms with Crippen LogP contribution in [-0.4, -0.2) is 46.4 Å². The zero-order chi connectivity index (χ0) is 24.8. The van der Waals surface area contributed by atoms with Crippen molar-refractivity contribution in [3.8, 4) is 11.5 Å². The first-order valence-electron chi connectivity index (χ1n) is 14.1. The van der Waals surface area contributed by atoms with Crippen LogP contribution >= 0.6 is 0 Å². The first-order valence-corrected chi connectivity index (χ1v) is 14.1. The van der Waals surface area contributed by atoms with Gasteiger partial charge in [-0.2, -0.15) is 0 Å². The van der Waals surface area contributed by atoms with Gasteiger partial charge in [0.1, 0.15) is 5.82 Å². The molecule has 3 fully saturated rings. The zero-order valence-corrected chi connectivity index (χ0v) is 21.5. The molecular formula is C31H33FN2O3. The lowest BCUT2D eigenvalue weighted by molar-refractivity contribution is -0.132. The lowest BCUT2D eigenvalue weighted by Crippen LogP contribution is -2.68. The molecule has 5 nitrogen and oxygen atoms in total. The molecule has 3 aliphatic carbocycles. The number of aromatic nitrogens is 1. The molecule has 1 spiro atoms. The number of fused-ring (bicyclic) bond motifs is 7. The zero-order valence-electron chi connectivity index (χ0n) is 21.5. The maximum absolute atomic E-state index is 14.9. The lowest BCUT2D eigenvalue weighted by atomic mass is 9.58. The fourth-order valence-electron chi connectivity index (χ4n) is 9.50. The van der Waals surface area contributed by atoms with Crippen molar-refractivity contribution in [2.75, 3.05) is 20.2 Å². The van der Waals surface area contributed by atoms with Crippen molar-refractivity contribution in [2.24, 2.45) is 11.8 Å². The Morgan fingerprint density at radius 1 is 1.24 bits per heavy atom. The van der Waals surface area contributed by atoms with Crippen molar-refractivity contribution in [3.05, 3.63) is 58.0 Å². The number of aliphatic hydroxyl groups is 1. The van der Waals surface area contributed by atoms with Crippen LogP contribution in [0.1, 0.15) is 59.7 Å². The van der Waals surface area contributed by atoms with Crippen LogP contribution in [0.4, 0.5) is 4.39 Å². The normalized spacial score (nSPS) is 34.8. The summed E-state index contributed by atoms with van der Waals surface area (Å²) in [4.78, 5) is 2.57. The van der Waals surface area contributed by atoms with Gasteiger partial charge in [0, 0.05) is 43.0 Å². The van der Waals surface area contributed by atoms with Gasteiger partial charge in [0.25, 0.3) is 0 Å². The summed E-state index contributed by atoms with van der Waals surface area (Å²) in [5, 5.41) is 14.2. The summed E-state index contributed by atoms with van der Waals surface area (Å²) < 4.78 is 30.2. The quantitative estimate of drug-likeness (QED) is 0.561. The van der Waals surface area contributed by atoms with Crippen molar-refractivity contribution < 1.29 is 19.0 Å². The molecule has 1 saturated heterocycles. The molecule has 3 aliphatic heterocycles. The molecule has 2 saturated carbocycles. The summed E-state index contributed by atoms with van der Waals surface area (Å²) in [5.41, 5.74) is 5.30. The molecule has 1 N–H and O–H groups in total.